The first kappa shape index (κ1) is 16.6. The van der Waals surface area contributed by atoms with Crippen LogP contribution in [0.5, 0.6) is 0 Å². The molecule has 3 rings (SSSR count). The van der Waals surface area contributed by atoms with Gasteiger partial charge in [-0.15, -0.1) is 0 Å². The van der Waals surface area contributed by atoms with E-state index in [0.717, 1.165) is 25.5 Å². The predicted molar refractivity (Wildman–Crippen MR) is 82.0 cm³/mol. The van der Waals surface area contributed by atoms with Gasteiger partial charge in [-0.3, -0.25) is 9.69 Å². The first-order valence-corrected chi connectivity index (χ1v) is 7.72. The van der Waals surface area contributed by atoms with E-state index in [-0.39, 0.29) is 23.5 Å². The zero-order chi connectivity index (χ0) is 17.3. The van der Waals surface area contributed by atoms with E-state index in [4.69, 9.17) is 9.15 Å². The van der Waals surface area contributed by atoms with Crippen molar-refractivity contribution in [1.29, 1.82) is 0 Å². The summed E-state index contributed by atoms with van der Waals surface area (Å²) in [7, 11) is 1.37. The molecule has 0 bridgehead atoms. The van der Waals surface area contributed by atoms with Gasteiger partial charge in [-0.05, 0) is 38.4 Å². The molecule has 128 valence electrons. The summed E-state index contributed by atoms with van der Waals surface area (Å²) in [6.45, 7) is 2.92. The van der Waals surface area contributed by atoms with E-state index in [2.05, 4.69) is 4.98 Å². The number of aromatic nitrogens is 1. The molecule has 1 aliphatic heterocycles. The third-order valence-electron chi connectivity index (χ3n) is 4.19. The van der Waals surface area contributed by atoms with Crippen LogP contribution in [0.2, 0.25) is 0 Å². The molecule has 2 heterocycles. The third-order valence-corrected chi connectivity index (χ3v) is 4.19. The van der Waals surface area contributed by atoms with Gasteiger partial charge in [-0.25, -0.2) is 13.8 Å². The molecule has 0 spiro atoms. The number of benzene rings is 1. The summed E-state index contributed by atoms with van der Waals surface area (Å²) in [5, 5.41) is 0. The quantitative estimate of drug-likeness (QED) is 0.803. The molecule has 0 radical (unpaired) electrons. The van der Waals surface area contributed by atoms with E-state index in [1.165, 1.54) is 19.2 Å². The number of oxazole rings is 1. The molecule has 0 saturated carbocycles. The molecule has 1 aromatic carbocycles. The monoisotopic (exact) mass is 336 g/mol. The molecule has 0 aliphatic carbocycles. The van der Waals surface area contributed by atoms with E-state index in [1.54, 1.807) is 6.92 Å². The summed E-state index contributed by atoms with van der Waals surface area (Å²) < 4.78 is 37.1. The molecule has 0 amide bonds. The zero-order valence-electron chi connectivity index (χ0n) is 13.5. The van der Waals surface area contributed by atoms with Crippen LogP contribution in [0.4, 0.5) is 8.78 Å². The fourth-order valence-electron chi connectivity index (χ4n) is 2.99. The predicted octanol–water partition coefficient (Wildman–Crippen LogP) is 3.07. The number of hydrogen-bond donors (Lipinski definition) is 0. The second-order valence-electron chi connectivity index (χ2n) is 5.83. The molecule has 1 atom stereocenters. The summed E-state index contributed by atoms with van der Waals surface area (Å²) >= 11 is 0. The van der Waals surface area contributed by atoms with Gasteiger partial charge in [0, 0.05) is 18.2 Å². The summed E-state index contributed by atoms with van der Waals surface area (Å²) in [6.07, 6.45) is 1.64. The topological polar surface area (TPSA) is 55.6 Å². The second kappa shape index (κ2) is 6.68. The van der Waals surface area contributed by atoms with Crippen LogP contribution >= 0.6 is 0 Å². The smallest absolute Gasteiger partial charge is 0.323 e. The highest BCUT2D eigenvalue weighted by Gasteiger charge is 2.32. The van der Waals surface area contributed by atoms with Gasteiger partial charge in [0.15, 0.2) is 0 Å². The van der Waals surface area contributed by atoms with Crippen molar-refractivity contribution in [2.45, 2.75) is 32.4 Å². The van der Waals surface area contributed by atoms with E-state index < -0.39 is 11.6 Å². The van der Waals surface area contributed by atoms with Gasteiger partial charge < -0.3 is 9.15 Å². The van der Waals surface area contributed by atoms with Crippen LogP contribution in [0.3, 0.4) is 0 Å². The Kier molecular flexibility index (Phi) is 4.62. The third kappa shape index (κ3) is 3.31. The Balaban J connectivity index is 1.83. The molecule has 1 fully saturated rings. The van der Waals surface area contributed by atoms with Gasteiger partial charge in [0.25, 0.3) is 0 Å². The van der Waals surface area contributed by atoms with E-state index in [9.17, 15) is 13.6 Å². The first-order chi connectivity index (χ1) is 11.5. The van der Waals surface area contributed by atoms with Crippen molar-refractivity contribution in [3.63, 3.8) is 0 Å². The summed E-state index contributed by atoms with van der Waals surface area (Å²) in [6, 6.07) is 2.85. The van der Waals surface area contributed by atoms with Gasteiger partial charge in [0.1, 0.15) is 23.4 Å². The number of carbonyl (C=O) groups is 1. The largest absolute Gasteiger partial charge is 0.468 e. The van der Waals surface area contributed by atoms with E-state index in [0.29, 0.717) is 18.0 Å². The average Bonchev–Trinajstić information content (AvgIpc) is 3.13. The van der Waals surface area contributed by atoms with Gasteiger partial charge in [-0.2, -0.15) is 0 Å². The van der Waals surface area contributed by atoms with Crippen LogP contribution < -0.4 is 0 Å². The molecular formula is C17H18F2N2O3. The number of ether oxygens (including phenoxy) is 1. The Morgan fingerprint density at radius 2 is 2.08 bits per heavy atom. The molecular weight excluding hydrogens is 318 g/mol. The van der Waals surface area contributed by atoms with Crippen LogP contribution in [-0.2, 0) is 16.1 Å². The van der Waals surface area contributed by atoms with Crippen LogP contribution in [0.1, 0.15) is 24.3 Å². The molecule has 1 aromatic heterocycles. The highest BCUT2D eigenvalue weighted by atomic mass is 19.1. The summed E-state index contributed by atoms with van der Waals surface area (Å²) in [5.41, 5.74) is 0.887. The highest BCUT2D eigenvalue weighted by Crippen LogP contribution is 2.26. The minimum Gasteiger partial charge on any atom is -0.468 e. The summed E-state index contributed by atoms with van der Waals surface area (Å²) in [5.74, 6) is -0.915. The number of rotatable bonds is 4. The molecule has 1 saturated heterocycles. The maximum atomic E-state index is 13.4. The molecule has 1 aliphatic rings. The Morgan fingerprint density at radius 1 is 1.38 bits per heavy atom. The highest BCUT2D eigenvalue weighted by molar-refractivity contribution is 5.76. The number of likely N-dealkylation sites (tertiary alicyclic amines) is 1. The average molecular weight is 336 g/mol. The number of nitrogens with zero attached hydrogens (tertiary/aromatic N) is 2. The number of methoxy groups -OCH3 is 1. The van der Waals surface area contributed by atoms with Crippen LogP contribution in [-0.4, -0.2) is 35.5 Å². The zero-order valence-corrected chi connectivity index (χ0v) is 13.5. The van der Waals surface area contributed by atoms with Gasteiger partial charge in [-0.1, -0.05) is 0 Å². The maximum absolute atomic E-state index is 13.4. The van der Waals surface area contributed by atoms with Gasteiger partial charge >= 0.3 is 5.97 Å². The lowest BCUT2D eigenvalue weighted by molar-refractivity contribution is -0.146. The van der Waals surface area contributed by atoms with Crippen molar-refractivity contribution in [2.24, 2.45) is 0 Å². The van der Waals surface area contributed by atoms with Crippen molar-refractivity contribution in [1.82, 2.24) is 9.88 Å². The Hall–Kier alpha value is -2.28. The van der Waals surface area contributed by atoms with Crippen LogP contribution in [0.25, 0.3) is 11.5 Å². The molecule has 24 heavy (non-hydrogen) atoms. The second-order valence-corrected chi connectivity index (χ2v) is 5.83. The Labute approximate surface area is 138 Å². The van der Waals surface area contributed by atoms with E-state index in [1.807, 2.05) is 4.90 Å². The van der Waals surface area contributed by atoms with Crippen molar-refractivity contribution >= 4 is 5.97 Å². The number of hydrogen-bond acceptors (Lipinski definition) is 5. The number of esters is 1. The normalized spacial score (nSPS) is 18.1. The molecule has 0 N–H and O–H groups in total. The maximum Gasteiger partial charge on any atom is 0.323 e. The minimum atomic E-state index is -0.687. The fraction of sp³-hybridized carbons (Fsp3) is 0.412. The first-order valence-electron chi connectivity index (χ1n) is 7.72. The van der Waals surface area contributed by atoms with E-state index >= 15 is 0 Å². The lowest BCUT2D eigenvalue weighted by atomic mass is 10.2. The number of halogens is 2. The molecule has 7 heteroatoms. The lowest BCUT2D eigenvalue weighted by Crippen LogP contribution is -2.36. The SMILES string of the molecule is COC(=O)[C@@H]1CCCN1Cc1nc(-c2cc(F)cc(F)c2)oc1C. The van der Waals surface area contributed by atoms with Crippen LogP contribution in [0, 0.1) is 18.6 Å². The van der Waals surface area contributed by atoms with Crippen LogP contribution in [0.15, 0.2) is 22.6 Å². The van der Waals surface area contributed by atoms with Gasteiger partial charge in [0.2, 0.25) is 5.89 Å². The van der Waals surface area contributed by atoms with Gasteiger partial charge in [0.05, 0.1) is 12.8 Å². The van der Waals surface area contributed by atoms with Crippen molar-refractivity contribution in [3.8, 4) is 11.5 Å². The number of aryl methyl sites for hydroxylation is 1. The Bertz CT molecular complexity index is 740. The van der Waals surface area contributed by atoms with Crippen molar-refractivity contribution in [3.05, 3.63) is 41.3 Å². The number of carbonyl (C=O) groups excluding carboxylic acids is 1. The molecule has 2 aromatic rings. The van der Waals surface area contributed by atoms with Crippen molar-refractivity contribution in [2.75, 3.05) is 13.7 Å². The summed E-state index contributed by atoms with van der Waals surface area (Å²) in [4.78, 5) is 18.1. The molecule has 0 unspecified atom stereocenters. The lowest BCUT2D eigenvalue weighted by Gasteiger charge is -2.21. The fourth-order valence-corrected chi connectivity index (χ4v) is 2.99. The standard InChI is InChI=1S/C17H18F2N2O3/c1-10-14(9-21-5-3-4-15(21)17(22)23-2)20-16(24-10)11-6-12(18)8-13(19)7-11/h6-8,15H,3-5,9H2,1-2H3/t15-/m0/s1. The minimum absolute atomic E-state index is 0.162. The van der Waals surface area contributed by atoms with Crippen molar-refractivity contribution < 1.29 is 22.7 Å². The molecule has 5 nitrogen and oxygen atoms in total. The Morgan fingerprint density at radius 3 is 2.75 bits per heavy atom.